The minimum Gasteiger partial charge on any atom is -0.392 e. The molecular formula is C13H24N2O. The van der Waals surface area contributed by atoms with Gasteiger partial charge in [0.15, 0.2) is 0 Å². The SMILES string of the molecule is CCCCC(CC)C(O)Cc1ccn(C)n1. The Labute approximate surface area is 98.5 Å². The second-order valence-electron chi connectivity index (χ2n) is 4.56. The third-order valence-electron chi connectivity index (χ3n) is 3.18. The number of nitrogens with zero attached hydrogens (tertiary/aromatic N) is 2. The zero-order valence-electron chi connectivity index (χ0n) is 10.7. The van der Waals surface area contributed by atoms with Crippen LogP contribution in [0.15, 0.2) is 12.3 Å². The summed E-state index contributed by atoms with van der Waals surface area (Å²) in [6, 6.07) is 1.98. The molecule has 0 saturated heterocycles. The zero-order chi connectivity index (χ0) is 12.0. The van der Waals surface area contributed by atoms with Crippen LogP contribution in [-0.2, 0) is 13.5 Å². The van der Waals surface area contributed by atoms with Crippen molar-refractivity contribution in [1.29, 1.82) is 0 Å². The predicted octanol–water partition coefficient (Wildman–Crippen LogP) is 2.54. The lowest BCUT2D eigenvalue weighted by molar-refractivity contribution is 0.0977. The van der Waals surface area contributed by atoms with E-state index in [9.17, 15) is 5.11 Å². The average Bonchev–Trinajstić information content (AvgIpc) is 2.65. The van der Waals surface area contributed by atoms with Crippen LogP contribution in [0.4, 0.5) is 0 Å². The van der Waals surface area contributed by atoms with Gasteiger partial charge in [0.2, 0.25) is 0 Å². The lowest BCUT2D eigenvalue weighted by Crippen LogP contribution is -2.22. The molecule has 0 spiro atoms. The Bertz CT molecular complexity index is 296. The molecular weight excluding hydrogens is 200 g/mol. The van der Waals surface area contributed by atoms with Gasteiger partial charge in [-0.2, -0.15) is 5.10 Å². The van der Waals surface area contributed by atoms with E-state index in [0.717, 1.165) is 18.5 Å². The fourth-order valence-electron chi connectivity index (χ4n) is 2.09. The van der Waals surface area contributed by atoms with E-state index in [0.29, 0.717) is 12.3 Å². The summed E-state index contributed by atoms with van der Waals surface area (Å²) in [6.07, 6.45) is 6.95. The van der Waals surface area contributed by atoms with Crippen LogP contribution in [0.1, 0.15) is 45.2 Å². The molecule has 1 N–H and O–H groups in total. The number of hydrogen-bond donors (Lipinski definition) is 1. The largest absolute Gasteiger partial charge is 0.392 e. The zero-order valence-corrected chi connectivity index (χ0v) is 10.7. The smallest absolute Gasteiger partial charge is 0.0650 e. The van der Waals surface area contributed by atoms with Crippen molar-refractivity contribution in [3.63, 3.8) is 0 Å². The third kappa shape index (κ3) is 3.97. The minimum absolute atomic E-state index is 0.244. The maximum atomic E-state index is 10.1. The second-order valence-corrected chi connectivity index (χ2v) is 4.56. The molecule has 0 aliphatic rings. The maximum absolute atomic E-state index is 10.1. The van der Waals surface area contributed by atoms with E-state index in [1.807, 2.05) is 19.3 Å². The van der Waals surface area contributed by atoms with Crippen molar-refractivity contribution in [2.24, 2.45) is 13.0 Å². The van der Waals surface area contributed by atoms with Crippen LogP contribution in [0.2, 0.25) is 0 Å². The molecule has 0 fully saturated rings. The summed E-state index contributed by atoms with van der Waals surface area (Å²) in [6.45, 7) is 4.35. The molecule has 1 aromatic rings. The Morgan fingerprint density at radius 1 is 1.44 bits per heavy atom. The van der Waals surface area contributed by atoms with Crippen LogP contribution in [0.25, 0.3) is 0 Å². The molecule has 0 aliphatic carbocycles. The van der Waals surface area contributed by atoms with Crippen molar-refractivity contribution >= 4 is 0 Å². The van der Waals surface area contributed by atoms with E-state index in [2.05, 4.69) is 18.9 Å². The first-order chi connectivity index (χ1) is 7.67. The first-order valence-electron chi connectivity index (χ1n) is 6.34. The fraction of sp³-hybridized carbons (Fsp3) is 0.769. The standard InChI is InChI=1S/C13H24N2O/c1-4-6-7-11(5-2)13(16)10-12-8-9-15(3)14-12/h8-9,11,13,16H,4-7,10H2,1-3H3. The summed E-state index contributed by atoms with van der Waals surface area (Å²) in [7, 11) is 1.91. The van der Waals surface area contributed by atoms with E-state index in [1.54, 1.807) is 4.68 Å². The van der Waals surface area contributed by atoms with Gasteiger partial charge in [0.1, 0.15) is 0 Å². The van der Waals surface area contributed by atoms with E-state index in [4.69, 9.17) is 0 Å². The third-order valence-corrected chi connectivity index (χ3v) is 3.18. The van der Waals surface area contributed by atoms with Gasteiger partial charge in [-0.05, 0) is 18.4 Å². The van der Waals surface area contributed by atoms with E-state index < -0.39 is 0 Å². The molecule has 2 unspecified atom stereocenters. The van der Waals surface area contributed by atoms with Gasteiger partial charge in [0.25, 0.3) is 0 Å². The van der Waals surface area contributed by atoms with E-state index >= 15 is 0 Å². The van der Waals surface area contributed by atoms with Crippen molar-refractivity contribution in [2.75, 3.05) is 0 Å². The first-order valence-corrected chi connectivity index (χ1v) is 6.34. The fourth-order valence-corrected chi connectivity index (χ4v) is 2.09. The average molecular weight is 224 g/mol. The summed E-state index contributed by atoms with van der Waals surface area (Å²) >= 11 is 0. The quantitative estimate of drug-likeness (QED) is 0.773. The Morgan fingerprint density at radius 3 is 2.69 bits per heavy atom. The summed E-state index contributed by atoms with van der Waals surface area (Å²) < 4.78 is 1.79. The molecule has 92 valence electrons. The van der Waals surface area contributed by atoms with Crippen LogP contribution in [0.5, 0.6) is 0 Å². The van der Waals surface area contributed by atoms with Crippen LogP contribution in [0, 0.1) is 5.92 Å². The molecule has 1 aromatic heterocycles. The lowest BCUT2D eigenvalue weighted by atomic mass is 9.91. The maximum Gasteiger partial charge on any atom is 0.0650 e. The molecule has 3 heteroatoms. The van der Waals surface area contributed by atoms with Crippen LogP contribution < -0.4 is 0 Å². The molecule has 3 nitrogen and oxygen atoms in total. The van der Waals surface area contributed by atoms with Gasteiger partial charge >= 0.3 is 0 Å². The number of aliphatic hydroxyl groups excluding tert-OH is 1. The summed E-state index contributed by atoms with van der Waals surface area (Å²) in [5.74, 6) is 0.418. The Hall–Kier alpha value is -0.830. The van der Waals surface area contributed by atoms with Gasteiger partial charge in [-0.25, -0.2) is 0 Å². The van der Waals surface area contributed by atoms with Gasteiger partial charge in [0, 0.05) is 19.7 Å². The highest BCUT2D eigenvalue weighted by atomic mass is 16.3. The molecule has 0 aliphatic heterocycles. The highest BCUT2D eigenvalue weighted by molar-refractivity contribution is 5.00. The first kappa shape index (κ1) is 13.2. The normalized spacial score (nSPS) is 15.0. The predicted molar refractivity (Wildman–Crippen MR) is 66.2 cm³/mol. The van der Waals surface area contributed by atoms with E-state index in [1.165, 1.54) is 12.8 Å². The number of aliphatic hydroxyl groups is 1. The van der Waals surface area contributed by atoms with Crippen molar-refractivity contribution < 1.29 is 5.11 Å². The highest BCUT2D eigenvalue weighted by Crippen LogP contribution is 2.19. The van der Waals surface area contributed by atoms with Gasteiger partial charge in [-0.15, -0.1) is 0 Å². The number of hydrogen-bond acceptors (Lipinski definition) is 2. The topological polar surface area (TPSA) is 38.0 Å². The Morgan fingerprint density at radius 2 is 2.19 bits per heavy atom. The molecule has 2 atom stereocenters. The summed E-state index contributed by atoms with van der Waals surface area (Å²) in [4.78, 5) is 0. The Kier molecular flexibility index (Phi) is 5.53. The summed E-state index contributed by atoms with van der Waals surface area (Å²) in [5.41, 5.74) is 0.991. The number of unbranched alkanes of at least 4 members (excludes halogenated alkanes) is 1. The lowest BCUT2D eigenvalue weighted by Gasteiger charge is -2.20. The van der Waals surface area contributed by atoms with Crippen molar-refractivity contribution in [1.82, 2.24) is 9.78 Å². The molecule has 1 heterocycles. The van der Waals surface area contributed by atoms with E-state index in [-0.39, 0.29) is 6.10 Å². The molecule has 16 heavy (non-hydrogen) atoms. The molecule has 0 bridgehead atoms. The van der Waals surface area contributed by atoms with Gasteiger partial charge in [0.05, 0.1) is 11.8 Å². The Balaban J connectivity index is 2.45. The highest BCUT2D eigenvalue weighted by Gasteiger charge is 2.18. The van der Waals surface area contributed by atoms with Gasteiger partial charge < -0.3 is 5.11 Å². The number of aromatic nitrogens is 2. The van der Waals surface area contributed by atoms with Crippen LogP contribution in [0.3, 0.4) is 0 Å². The molecule has 0 saturated carbocycles. The van der Waals surface area contributed by atoms with Crippen molar-refractivity contribution in [3.05, 3.63) is 18.0 Å². The summed E-state index contributed by atoms with van der Waals surface area (Å²) in [5, 5.41) is 14.5. The van der Waals surface area contributed by atoms with Crippen LogP contribution >= 0.6 is 0 Å². The molecule has 0 radical (unpaired) electrons. The van der Waals surface area contributed by atoms with Crippen molar-refractivity contribution in [2.45, 2.75) is 52.1 Å². The molecule has 1 rings (SSSR count). The second kappa shape index (κ2) is 6.69. The van der Waals surface area contributed by atoms with Crippen LogP contribution in [-0.4, -0.2) is 21.0 Å². The van der Waals surface area contributed by atoms with Crippen molar-refractivity contribution in [3.8, 4) is 0 Å². The molecule has 0 aromatic carbocycles. The minimum atomic E-state index is -0.244. The van der Waals surface area contributed by atoms with Gasteiger partial charge in [-0.1, -0.05) is 33.1 Å². The van der Waals surface area contributed by atoms with Gasteiger partial charge in [-0.3, -0.25) is 4.68 Å². The monoisotopic (exact) mass is 224 g/mol. The number of aryl methyl sites for hydroxylation is 1. The number of rotatable bonds is 7. The molecule has 0 amide bonds.